The highest BCUT2D eigenvalue weighted by Crippen LogP contribution is 2.39. The average Bonchev–Trinajstić information content (AvgIpc) is 2.80. The molecule has 1 N–H and O–H groups in total. The summed E-state index contributed by atoms with van der Waals surface area (Å²) >= 11 is 1.64. The number of hydrogen-bond acceptors (Lipinski definition) is 3. The summed E-state index contributed by atoms with van der Waals surface area (Å²) in [6.07, 6.45) is 0. The number of rotatable bonds is 5. The number of aliphatic carboxylic acids is 1. The second-order valence-corrected chi connectivity index (χ2v) is 6.78. The van der Waals surface area contributed by atoms with Crippen molar-refractivity contribution >= 4 is 52.6 Å². The summed E-state index contributed by atoms with van der Waals surface area (Å²) in [5.41, 5.74) is 3.07. The van der Waals surface area contributed by atoms with Crippen molar-refractivity contribution < 1.29 is 14.6 Å². The maximum Gasteiger partial charge on any atom is 0.323 e. The van der Waals surface area contributed by atoms with Crippen LogP contribution in [-0.2, 0) is 11.3 Å². The van der Waals surface area contributed by atoms with Crippen LogP contribution >= 0.6 is 35.7 Å². The lowest BCUT2D eigenvalue weighted by atomic mass is 10.2. The van der Waals surface area contributed by atoms with E-state index in [2.05, 4.69) is 6.07 Å². The predicted octanol–water partition coefficient (Wildman–Crippen LogP) is 5.12. The fourth-order valence-corrected chi connectivity index (χ4v) is 3.90. The van der Waals surface area contributed by atoms with Gasteiger partial charge < -0.3 is 14.4 Å². The molecular weight excluding hydrogens is 449 g/mol. The largest absolute Gasteiger partial charge is 0.497 e. The standard InChI is InChI=1S/C19H19NO3S.HI/c1-12-7-8-17-16(9-12)19(13(2)20(17)11-18(21)22)24-15-6-4-5-14(10-15)23-3;/h4-10H,11H2,1-3H3,(H,21,22);1H. The number of aryl methyl sites for hydroxylation is 1. The Morgan fingerprint density at radius 2 is 1.96 bits per heavy atom. The van der Waals surface area contributed by atoms with E-state index >= 15 is 0 Å². The smallest absolute Gasteiger partial charge is 0.323 e. The molecule has 0 bridgehead atoms. The van der Waals surface area contributed by atoms with Gasteiger partial charge in [0, 0.05) is 26.4 Å². The van der Waals surface area contributed by atoms with Gasteiger partial charge in [-0.15, -0.1) is 24.0 Å². The lowest BCUT2D eigenvalue weighted by Crippen LogP contribution is -2.09. The van der Waals surface area contributed by atoms with Gasteiger partial charge in [-0.3, -0.25) is 4.79 Å². The fourth-order valence-electron chi connectivity index (χ4n) is 2.82. The molecule has 3 aromatic rings. The highest BCUT2D eigenvalue weighted by Gasteiger charge is 2.17. The molecular formula is C19H20INO3S. The van der Waals surface area contributed by atoms with E-state index in [4.69, 9.17) is 4.74 Å². The molecule has 0 atom stereocenters. The Balaban J connectivity index is 0.00000225. The molecule has 132 valence electrons. The zero-order valence-corrected chi connectivity index (χ0v) is 17.4. The zero-order valence-electron chi connectivity index (χ0n) is 14.3. The molecule has 3 rings (SSSR count). The Kier molecular flexibility index (Phi) is 6.40. The molecule has 1 heterocycles. The van der Waals surface area contributed by atoms with Crippen molar-refractivity contribution in [2.24, 2.45) is 0 Å². The maximum absolute atomic E-state index is 11.2. The van der Waals surface area contributed by atoms with Crippen LogP contribution in [0, 0.1) is 13.8 Å². The molecule has 4 nitrogen and oxygen atoms in total. The van der Waals surface area contributed by atoms with Gasteiger partial charge in [0.15, 0.2) is 0 Å². The van der Waals surface area contributed by atoms with Crippen LogP contribution in [0.15, 0.2) is 52.3 Å². The van der Waals surface area contributed by atoms with E-state index in [1.807, 2.05) is 54.8 Å². The molecule has 0 aliphatic rings. The summed E-state index contributed by atoms with van der Waals surface area (Å²) in [4.78, 5) is 13.4. The van der Waals surface area contributed by atoms with Gasteiger partial charge >= 0.3 is 5.97 Å². The Morgan fingerprint density at radius 3 is 2.64 bits per heavy atom. The van der Waals surface area contributed by atoms with Crippen molar-refractivity contribution in [1.29, 1.82) is 0 Å². The SMILES string of the molecule is COc1cccc(Sc2c(C)n(CC(=O)O)c3ccc(C)cc23)c1.I. The van der Waals surface area contributed by atoms with Gasteiger partial charge in [-0.05, 0) is 44.2 Å². The van der Waals surface area contributed by atoms with Gasteiger partial charge in [-0.2, -0.15) is 0 Å². The fraction of sp³-hybridized carbons (Fsp3) is 0.211. The Hall–Kier alpha value is -1.67. The van der Waals surface area contributed by atoms with E-state index in [1.54, 1.807) is 18.9 Å². The van der Waals surface area contributed by atoms with Crippen molar-refractivity contribution in [1.82, 2.24) is 4.57 Å². The second-order valence-electron chi connectivity index (χ2n) is 5.70. The van der Waals surface area contributed by atoms with Gasteiger partial charge in [0.1, 0.15) is 12.3 Å². The van der Waals surface area contributed by atoms with E-state index in [0.717, 1.165) is 37.7 Å². The molecule has 0 radical (unpaired) electrons. The number of fused-ring (bicyclic) bond motifs is 1. The molecule has 0 saturated heterocycles. The van der Waals surface area contributed by atoms with Gasteiger partial charge in [-0.1, -0.05) is 29.5 Å². The molecule has 0 amide bonds. The van der Waals surface area contributed by atoms with E-state index in [9.17, 15) is 9.90 Å². The Morgan fingerprint density at radius 1 is 1.20 bits per heavy atom. The van der Waals surface area contributed by atoms with E-state index in [0.29, 0.717) is 0 Å². The van der Waals surface area contributed by atoms with Crippen LogP contribution in [0.1, 0.15) is 11.3 Å². The zero-order chi connectivity index (χ0) is 17.3. The van der Waals surface area contributed by atoms with Crippen LogP contribution in [0.4, 0.5) is 0 Å². The lowest BCUT2D eigenvalue weighted by molar-refractivity contribution is -0.137. The average molecular weight is 469 g/mol. The van der Waals surface area contributed by atoms with Crippen LogP contribution in [0.3, 0.4) is 0 Å². The molecule has 0 aliphatic carbocycles. The molecule has 6 heteroatoms. The highest BCUT2D eigenvalue weighted by molar-refractivity contribution is 14.0. The number of carbonyl (C=O) groups is 1. The predicted molar refractivity (Wildman–Crippen MR) is 112 cm³/mol. The normalized spacial score (nSPS) is 10.5. The molecule has 2 aromatic carbocycles. The number of aromatic nitrogens is 1. The number of nitrogens with zero attached hydrogens (tertiary/aromatic N) is 1. The van der Waals surface area contributed by atoms with Crippen LogP contribution < -0.4 is 4.74 Å². The third-order valence-corrected chi connectivity index (χ3v) is 5.18. The third kappa shape index (κ3) is 4.12. The third-order valence-electron chi connectivity index (χ3n) is 3.98. The van der Waals surface area contributed by atoms with Crippen molar-refractivity contribution in [2.45, 2.75) is 30.2 Å². The topological polar surface area (TPSA) is 51.5 Å². The van der Waals surface area contributed by atoms with Gasteiger partial charge in [-0.25, -0.2) is 0 Å². The van der Waals surface area contributed by atoms with Crippen molar-refractivity contribution in [3.05, 3.63) is 53.7 Å². The summed E-state index contributed by atoms with van der Waals surface area (Å²) in [5.74, 6) is -0.0309. The summed E-state index contributed by atoms with van der Waals surface area (Å²) in [5, 5.41) is 10.3. The molecule has 0 unspecified atom stereocenters. The Labute approximate surface area is 168 Å². The molecule has 0 fully saturated rings. The number of carboxylic acids is 1. The molecule has 25 heavy (non-hydrogen) atoms. The van der Waals surface area contributed by atoms with Gasteiger partial charge in [0.2, 0.25) is 0 Å². The first-order valence-corrected chi connectivity index (χ1v) is 8.44. The van der Waals surface area contributed by atoms with E-state index < -0.39 is 5.97 Å². The van der Waals surface area contributed by atoms with Gasteiger partial charge in [0.05, 0.1) is 7.11 Å². The maximum atomic E-state index is 11.2. The number of carboxylic acid groups (broad SMARTS) is 1. The van der Waals surface area contributed by atoms with Crippen LogP contribution in [0.2, 0.25) is 0 Å². The summed E-state index contributed by atoms with van der Waals surface area (Å²) in [6, 6.07) is 14.0. The minimum atomic E-state index is -0.839. The summed E-state index contributed by atoms with van der Waals surface area (Å²) in [7, 11) is 1.65. The molecule has 0 aliphatic heterocycles. The van der Waals surface area contributed by atoms with Crippen molar-refractivity contribution in [3.8, 4) is 5.75 Å². The quantitative estimate of drug-likeness (QED) is 0.527. The summed E-state index contributed by atoms with van der Waals surface area (Å²) in [6.45, 7) is 3.98. The molecule has 1 aromatic heterocycles. The number of benzene rings is 2. The number of ether oxygens (including phenoxy) is 1. The minimum Gasteiger partial charge on any atom is -0.497 e. The molecule has 0 spiro atoms. The summed E-state index contributed by atoms with van der Waals surface area (Å²) < 4.78 is 7.15. The number of hydrogen-bond donors (Lipinski definition) is 1. The first-order valence-electron chi connectivity index (χ1n) is 7.62. The number of methoxy groups -OCH3 is 1. The van der Waals surface area contributed by atoms with Crippen LogP contribution in [-0.4, -0.2) is 22.8 Å². The van der Waals surface area contributed by atoms with Crippen molar-refractivity contribution in [2.75, 3.05) is 7.11 Å². The first kappa shape index (κ1) is 19.7. The van der Waals surface area contributed by atoms with Crippen LogP contribution in [0.5, 0.6) is 5.75 Å². The van der Waals surface area contributed by atoms with E-state index in [1.165, 1.54) is 0 Å². The molecule has 0 saturated carbocycles. The van der Waals surface area contributed by atoms with Gasteiger partial charge in [0.25, 0.3) is 0 Å². The highest BCUT2D eigenvalue weighted by atomic mass is 127. The number of halogens is 1. The second kappa shape index (κ2) is 8.14. The van der Waals surface area contributed by atoms with Crippen LogP contribution in [0.25, 0.3) is 10.9 Å². The minimum absolute atomic E-state index is 0. The van der Waals surface area contributed by atoms with Crippen molar-refractivity contribution in [3.63, 3.8) is 0 Å². The van der Waals surface area contributed by atoms with E-state index in [-0.39, 0.29) is 30.5 Å². The lowest BCUT2D eigenvalue weighted by Gasteiger charge is -2.06. The Bertz CT molecular complexity index is 920. The monoisotopic (exact) mass is 469 g/mol. The first-order chi connectivity index (χ1) is 11.5.